The van der Waals surface area contributed by atoms with Crippen molar-refractivity contribution in [2.24, 2.45) is 5.10 Å². The lowest BCUT2D eigenvalue weighted by molar-refractivity contribution is -0.141. The van der Waals surface area contributed by atoms with E-state index in [-0.39, 0.29) is 22.5 Å². The van der Waals surface area contributed by atoms with Crippen LogP contribution in [0.5, 0.6) is 5.75 Å². The Kier molecular flexibility index (Phi) is 8.27. The number of nitrogens with zero attached hydrogens (tertiary/aromatic N) is 3. The Labute approximate surface area is 226 Å². The van der Waals surface area contributed by atoms with Gasteiger partial charge in [0.1, 0.15) is 17.2 Å². The molecule has 3 N–H and O–H groups in total. The molecule has 0 radical (unpaired) electrons. The minimum absolute atomic E-state index is 0.186. The first-order valence-corrected chi connectivity index (χ1v) is 11.7. The standard InChI is InChI=1S/C26H21ClN6O6/c1-38-19-6-4-3-5-17(19)30-25(36)22(32-33-23(34)14-9-11-28-12-10-14)20(26(37)39-2)21-24(35)31-18-13-15(27)7-8-16(18)29-21/h3-13,20H,1-2H3,(H,30,36)(H,31,35)(H,33,34)/b32-22-/t20-/m0/s1. The van der Waals surface area contributed by atoms with Gasteiger partial charge in [-0.3, -0.25) is 24.2 Å². The first-order chi connectivity index (χ1) is 18.8. The van der Waals surface area contributed by atoms with Gasteiger partial charge in [-0.15, -0.1) is 0 Å². The molecule has 0 spiro atoms. The van der Waals surface area contributed by atoms with Gasteiger partial charge in [0.15, 0.2) is 5.92 Å². The molecule has 198 valence electrons. The number of aromatic amines is 1. The number of fused-ring (bicyclic) bond motifs is 1. The quantitative estimate of drug-likeness (QED) is 0.172. The lowest BCUT2D eigenvalue weighted by atomic mass is 9.98. The summed E-state index contributed by atoms with van der Waals surface area (Å²) >= 11 is 6.01. The molecule has 0 unspecified atom stereocenters. The van der Waals surface area contributed by atoms with Crippen molar-refractivity contribution in [2.75, 3.05) is 19.5 Å². The Morgan fingerprint density at radius 3 is 2.51 bits per heavy atom. The topological polar surface area (TPSA) is 165 Å². The number of para-hydroxylation sites is 2. The van der Waals surface area contributed by atoms with Crippen LogP contribution >= 0.6 is 11.6 Å². The molecule has 13 heteroatoms. The Bertz CT molecular complexity index is 1640. The average Bonchev–Trinajstić information content (AvgIpc) is 2.95. The van der Waals surface area contributed by atoms with Crippen LogP contribution in [0.1, 0.15) is 22.0 Å². The number of esters is 1. The molecule has 12 nitrogen and oxygen atoms in total. The van der Waals surface area contributed by atoms with Gasteiger partial charge in [0.05, 0.1) is 30.9 Å². The van der Waals surface area contributed by atoms with Crippen LogP contribution in [0.25, 0.3) is 11.0 Å². The minimum Gasteiger partial charge on any atom is -0.495 e. The van der Waals surface area contributed by atoms with Gasteiger partial charge in [-0.2, -0.15) is 5.10 Å². The highest BCUT2D eigenvalue weighted by Gasteiger charge is 2.36. The SMILES string of the molecule is COC(=O)[C@H](/C(=N/NC(=O)c1ccncc1)C(=O)Nc1ccccc1OC)c1nc2ccc(Cl)cc2[nH]c1=O. The molecule has 39 heavy (non-hydrogen) atoms. The normalized spacial score (nSPS) is 11.9. The van der Waals surface area contributed by atoms with Crippen molar-refractivity contribution < 1.29 is 23.9 Å². The second kappa shape index (κ2) is 12.0. The van der Waals surface area contributed by atoms with E-state index in [1.165, 1.54) is 43.8 Å². The van der Waals surface area contributed by atoms with E-state index in [0.717, 1.165) is 7.11 Å². The molecule has 1 atom stereocenters. The Morgan fingerprint density at radius 1 is 1.05 bits per heavy atom. The third-order valence-corrected chi connectivity index (χ3v) is 5.71. The number of halogens is 1. The molecule has 0 aliphatic rings. The van der Waals surface area contributed by atoms with Crippen LogP contribution in [-0.2, 0) is 14.3 Å². The van der Waals surface area contributed by atoms with E-state index in [9.17, 15) is 19.2 Å². The van der Waals surface area contributed by atoms with Crippen molar-refractivity contribution in [3.8, 4) is 5.75 Å². The summed E-state index contributed by atoms with van der Waals surface area (Å²) in [6, 6.07) is 13.9. The number of ether oxygens (including phenoxy) is 2. The average molecular weight is 549 g/mol. The molecule has 0 fully saturated rings. The Balaban J connectivity index is 1.84. The summed E-state index contributed by atoms with van der Waals surface area (Å²) in [5.41, 5.74) is 1.53. The van der Waals surface area contributed by atoms with Crippen LogP contribution in [0, 0.1) is 0 Å². The fraction of sp³-hybridized carbons (Fsp3) is 0.115. The molecule has 0 saturated heterocycles. The maximum atomic E-state index is 13.6. The van der Waals surface area contributed by atoms with E-state index in [1.807, 2.05) is 0 Å². The number of hydrazone groups is 1. The van der Waals surface area contributed by atoms with Crippen molar-refractivity contribution in [3.63, 3.8) is 0 Å². The summed E-state index contributed by atoms with van der Waals surface area (Å²) < 4.78 is 10.2. The van der Waals surface area contributed by atoms with E-state index in [1.54, 1.807) is 30.3 Å². The van der Waals surface area contributed by atoms with E-state index >= 15 is 0 Å². The van der Waals surface area contributed by atoms with Gasteiger partial charge < -0.3 is 19.8 Å². The molecular weight excluding hydrogens is 528 g/mol. The van der Waals surface area contributed by atoms with Crippen LogP contribution < -0.4 is 21.0 Å². The smallest absolute Gasteiger partial charge is 0.321 e. The Morgan fingerprint density at radius 2 is 1.79 bits per heavy atom. The number of hydrogen-bond acceptors (Lipinski definition) is 9. The van der Waals surface area contributed by atoms with Crippen molar-refractivity contribution in [2.45, 2.75) is 5.92 Å². The number of methoxy groups -OCH3 is 2. The van der Waals surface area contributed by atoms with Gasteiger partial charge in [0, 0.05) is 23.0 Å². The van der Waals surface area contributed by atoms with Crippen LogP contribution in [0.3, 0.4) is 0 Å². The van der Waals surface area contributed by atoms with Gasteiger partial charge in [0.2, 0.25) is 0 Å². The van der Waals surface area contributed by atoms with E-state index < -0.39 is 35.0 Å². The minimum atomic E-state index is -1.73. The molecule has 2 heterocycles. The molecule has 2 aromatic carbocycles. The summed E-state index contributed by atoms with van der Waals surface area (Å²) in [6.45, 7) is 0. The van der Waals surface area contributed by atoms with Crippen molar-refractivity contribution in [1.82, 2.24) is 20.4 Å². The third-order valence-electron chi connectivity index (χ3n) is 5.47. The van der Waals surface area contributed by atoms with Gasteiger partial charge in [-0.05, 0) is 42.5 Å². The molecule has 0 aliphatic heterocycles. The summed E-state index contributed by atoms with van der Waals surface area (Å²) in [5.74, 6) is -4.06. The maximum Gasteiger partial charge on any atom is 0.321 e. The molecule has 2 aromatic heterocycles. The number of aromatic nitrogens is 3. The number of benzene rings is 2. The van der Waals surface area contributed by atoms with Crippen molar-refractivity contribution in [3.05, 3.63) is 93.6 Å². The molecule has 4 rings (SSSR count). The highest BCUT2D eigenvalue weighted by Crippen LogP contribution is 2.25. The summed E-state index contributed by atoms with van der Waals surface area (Å²) in [4.78, 5) is 63.1. The summed E-state index contributed by atoms with van der Waals surface area (Å²) in [5, 5.41) is 6.91. The number of carbonyl (C=O) groups excluding carboxylic acids is 3. The number of H-pyrrole nitrogens is 1. The number of carbonyl (C=O) groups is 3. The number of amides is 2. The number of pyridine rings is 1. The second-order valence-electron chi connectivity index (χ2n) is 7.90. The van der Waals surface area contributed by atoms with Gasteiger partial charge in [-0.1, -0.05) is 23.7 Å². The van der Waals surface area contributed by atoms with E-state index in [0.29, 0.717) is 16.3 Å². The van der Waals surface area contributed by atoms with Gasteiger partial charge in [-0.25, -0.2) is 10.4 Å². The van der Waals surface area contributed by atoms with Crippen LogP contribution in [0.4, 0.5) is 5.69 Å². The predicted octanol–water partition coefficient (Wildman–Crippen LogP) is 2.66. The summed E-state index contributed by atoms with van der Waals surface area (Å²) in [6.07, 6.45) is 2.80. The number of anilines is 1. The zero-order valence-electron chi connectivity index (χ0n) is 20.6. The lowest BCUT2D eigenvalue weighted by Gasteiger charge is -2.17. The van der Waals surface area contributed by atoms with E-state index in [2.05, 4.69) is 30.8 Å². The molecule has 4 aromatic rings. The molecular formula is C26H21ClN6O6. The molecule has 0 aliphatic carbocycles. The van der Waals surface area contributed by atoms with E-state index in [4.69, 9.17) is 21.1 Å². The zero-order valence-corrected chi connectivity index (χ0v) is 21.4. The van der Waals surface area contributed by atoms with Crippen molar-refractivity contribution >= 4 is 51.8 Å². The number of hydrogen-bond donors (Lipinski definition) is 3. The summed E-state index contributed by atoms with van der Waals surface area (Å²) in [7, 11) is 2.49. The molecule has 0 bridgehead atoms. The van der Waals surface area contributed by atoms with Crippen molar-refractivity contribution in [1.29, 1.82) is 0 Å². The van der Waals surface area contributed by atoms with Crippen LogP contribution in [0.2, 0.25) is 5.02 Å². The largest absolute Gasteiger partial charge is 0.495 e. The molecule has 2 amide bonds. The third kappa shape index (κ3) is 6.08. The second-order valence-corrected chi connectivity index (χ2v) is 8.33. The maximum absolute atomic E-state index is 13.6. The number of rotatable bonds is 8. The first kappa shape index (κ1) is 26.9. The highest BCUT2D eigenvalue weighted by atomic mass is 35.5. The zero-order chi connectivity index (χ0) is 27.9. The lowest BCUT2D eigenvalue weighted by Crippen LogP contribution is -2.39. The van der Waals surface area contributed by atoms with Crippen LogP contribution in [0.15, 0.2) is 76.9 Å². The van der Waals surface area contributed by atoms with Gasteiger partial charge in [0.25, 0.3) is 17.4 Å². The van der Waals surface area contributed by atoms with Gasteiger partial charge >= 0.3 is 5.97 Å². The monoisotopic (exact) mass is 548 g/mol. The highest BCUT2D eigenvalue weighted by molar-refractivity contribution is 6.48. The number of nitrogens with one attached hydrogen (secondary N) is 3. The first-order valence-electron chi connectivity index (χ1n) is 11.3. The van der Waals surface area contributed by atoms with Crippen LogP contribution in [-0.4, -0.2) is 52.7 Å². The predicted molar refractivity (Wildman–Crippen MR) is 143 cm³/mol. The fourth-order valence-corrected chi connectivity index (χ4v) is 3.77. The molecule has 0 saturated carbocycles. The fourth-order valence-electron chi connectivity index (χ4n) is 3.60. The Hall–Kier alpha value is -5.10.